The minimum Gasteiger partial charge on any atom is -0.385 e. The second kappa shape index (κ2) is 4.32. The summed E-state index contributed by atoms with van der Waals surface area (Å²) in [6.07, 6.45) is 5.43. The zero-order valence-corrected chi connectivity index (χ0v) is 14.3. The predicted octanol–water partition coefficient (Wildman–Crippen LogP) is 3.83. The molecule has 1 N–H and O–H groups in total. The summed E-state index contributed by atoms with van der Waals surface area (Å²) in [6.45, 7) is 7.73. The number of carbonyl (C=O) groups excluding carboxylic acids is 1. The number of rotatable bonds is 0. The Kier molecular flexibility index (Phi) is 3.53. The number of carbonyl (C=O) groups is 1. The van der Waals surface area contributed by atoms with Gasteiger partial charge in [0.05, 0.1) is 10.5 Å². The van der Waals surface area contributed by atoms with Gasteiger partial charge in [-0.05, 0) is 45.3 Å². The van der Waals surface area contributed by atoms with Crippen molar-refractivity contribution < 1.29 is 9.90 Å². The SMILES string of the molecule is CC1(Cl)CCC2(CC1Br)C(C)(O)C=CC(=O)C2(C)C. The van der Waals surface area contributed by atoms with Crippen molar-refractivity contribution >= 4 is 33.3 Å². The van der Waals surface area contributed by atoms with Crippen molar-refractivity contribution in [1.82, 2.24) is 0 Å². The first-order chi connectivity index (χ1) is 8.46. The highest BCUT2D eigenvalue weighted by Crippen LogP contribution is 2.62. The number of aliphatic hydroxyl groups is 1. The molecule has 1 spiro atoms. The quantitative estimate of drug-likeness (QED) is 0.675. The fourth-order valence-corrected chi connectivity index (χ4v) is 4.69. The summed E-state index contributed by atoms with van der Waals surface area (Å²) in [7, 11) is 0. The molecule has 0 aliphatic heterocycles. The highest BCUT2D eigenvalue weighted by atomic mass is 79.9. The van der Waals surface area contributed by atoms with Crippen LogP contribution in [-0.4, -0.2) is 26.2 Å². The molecule has 2 rings (SSSR count). The molecule has 4 unspecified atom stereocenters. The van der Waals surface area contributed by atoms with Gasteiger partial charge in [0.1, 0.15) is 0 Å². The molecule has 0 aromatic heterocycles. The van der Waals surface area contributed by atoms with E-state index in [1.54, 1.807) is 6.08 Å². The second-order valence-corrected chi connectivity index (χ2v) is 8.97. The highest BCUT2D eigenvalue weighted by molar-refractivity contribution is 9.09. The molecule has 0 aromatic carbocycles. The van der Waals surface area contributed by atoms with E-state index < -0.39 is 16.4 Å². The molecule has 1 saturated carbocycles. The van der Waals surface area contributed by atoms with Crippen molar-refractivity contribution in [2.75, 3.05) is 0 Å². The largest absolute Gasteiger partial charge is 0.385 e. The number of hydrogen-bond donors (Lipinski definition) is 1. The summed E-state index contributed by atoms with van der Waals surface area (Å²) in [5, 5.41) is 10.9. The van der Waals surface area contributed by atoms with Crippen molar-refractivity contribution in [3.8, 4) is 0 Å². The van der Waals surface area contributed by atoms with Gasteiger partial charge in [-0.15, -0.1) is 11.6 Å². The third-order valence-corrected chi connectivity index (χ3v) is 7.61. The summed E-state index contributed by atoms with van der Waals surface area (Å²) >= 11 is 10.2. The molecule has 2 aliphatic rings. The second-order valence-electron chi connectivity index (χ2n) is 7.00. The lowest BCUT2D eigenvalue weighted by molar-refractivity contribution is -0.159. The summed E-state index contributed by atoms with van der Waals surface area (Å²) in [5.41, 5.74) is -2.02. The maximum Gasteiger partial charge on any atom is 0.161 e. The molecule has 2 aliphatic carbocycles. The normalized spacial score (nSPS) is 49.6. The maximum absolute atomic E-state index is 12.3. The first-order valence-electron chi connectivity index (χ1n) is 6.75. The molecular weight excluding hydrogens is 328 g/mol. The van der Waals surface area contributed by atoms with E-state index in [-0.39, 0.29) is 15.5 Å². The van der Waals surface area contributed by atoms with Gasteiger partial charge in [-0.1, -0.05) is 29.8 Å². The van der Waals surface area contributed by atoms with Gasteiger partial charge in [-0.2, -0.15) is 0 Å². The van der Waals surface area contributed by atoms with Crippen LogP contribution in [0.25, 0.3) is 0 Å². The van der Waals surface area contributed by atoms with Gasteiger partial charge in [-0.3, -0.25) is 4.79 Å². The molecule has 1 fully saturated rings. The average Bonchev–Trinajstić information content (AvgIpc) is 2.27. The Morgan fingerprint density at radius 1 is 1.32 bits per heavy atom. The Hall–Kier alpha value is 0.140. The number of ketones is 1. The van der Waals surface area contributed by atoms with E-state index in [9.17, 15) is 9.90 Å². The predicted molar refractivity (Wildman–Crippen MR) is 81.8 cm³/mol. The smallest absolute Gasteiger partial charge is 0.161 e. The fraction of sp³-hybridized carbons (Fsp3) is 0.800. The van der Waals surface area contributed by atoms with Crippen LogP contribution in [0.2, 0.25) is 0 Å². The Morgan fingerprint density at radius 2 is 1.89 bits per heavy atom. The van der Waals surface area contributed by atoms with Crippen LogP contribution in [0.1, 0.15) is 47.0 Å². The molecule has 2 nitrogen and oxygen atoms in total. The Balaban J connectivity index is 2.51. The molecule has 0 aromatic rings. The number of allylic oxidation sites excluding steroid dienone is 1. The van der Waals surface area contributed by atoms with Gasteiger partial charge in [0.15, 0.2) is 5.78 Å². The van der Waals surface area contributed by atoms with Crippen molar-refractivity contribution in [3.63, 3.8) is 0 Å². The maximum atomic E-state index is 12.3. The number of alkyl halides is 2. The van der Waals surface area contributed by atoms with Crippen LogP contribution in [0.4, 0.5) is 0 Å². The molecule has 0 radical (unpaired) electrons. The van der Waals surface area contributed by atoms with E-state index in [1.165, 1.54) is 6.08 Å². The fourth-order valence-electron chi connectivity index (χ4n) is 3.74. The molecule has 4 atom stereocenters. The molecule has 0 bridgehead atoms. The van der Waals surface area contributed by atoms with Crippen LogP contribution in [0.3, 0.4) is 0 Å². The van der Waals surface area contributed by atoms with E-state index in [1.807, 2.05) is 27.7 Å². The summed E-state index contributed by atoms with van der Waals surface area (Å²) in [6, 6.07) is 0. The van der Waals surface area contributed by atoms with Crippen LogP contribution in [0.5, 0.6) is 0 Å². The van der Waals surface area contributed by atoms with E-state index in [0.29, 0.717) is 6.42 Å². The summed E-state index contributed by atoms with van der Waals surface area (Å²) < 4.78 is 0. The number of halogens is 2. The van der Waals surface area contributed by atoms with Crippen LogP contribution in [0.15, 0.2) is 12.2 Å². The lowest BCUT2D eigenvalue weighted by atomic mass is 9.47. The lowest BCUT2D eigenvalue weighted by Gasteiger charge is -2.59. The van der Waals surface area contributed by atoms with E-state index in [2.05, 4.69) is 15.9 Å². The molecule has 108 valence electrons. The molecular formula is C15H22BrClO2. The lowest BCUT2D eigenvalue weighted by Crippen LogP contribution is -2.63. The first kappa shape index (κ1) is 15.5. The minimum absolute atomic E-state index is 0.0838. The van der Waals surface area contributed by atoms with Gasteiger partial charge in [0.2, 0.25) is 0 Å². The molecule has 0 heterocycles. The number of hydrogen-bond acceptors (Lipinski definition) is 2. The molecule has 0 saturated heterocycles. The van der Waals surface area contributed by atoms with Crippen molar-refractivity contribution in [1.29, 1.82) is 0 Å². The monoisotopic (exact) mass is 348 g/mol. The first-order valence-corrected chi connectivity index (χ1v) is 8.05. The zero-order chi connectivity index (χ0) is 14.7. The van der Waals surface area contributed by atoms with Crippen molar-refractivity contribution in [2.24, 2.45) is 10.8 Å². The van der Waals surface area contributed by atoms with E-state index in [4.69, 9.17) is 11.6 Å². The Morgan fingerprint density at radius 3 is 2.42 bits per heavy atom. The minimum atomic E-state index is -0.982. The van der Waals surface area contributed by atoms with Crippen LogP contribution in [-0.2, 0) is 4.79 Å². The van der Waals surface area contributed by atoms with Crippen LogP contribution >= 0.6 is 27.5 Å². The topological polar surface area (TPSA) is 37.3 Å². The van der Waals surface area contributed by atoms with Gasteiger partial charge >= 0.3 is 0 Å². The average molecular weight is 350 g/mol. The highest BCUT2D eigenvalue weighted by Gasteiger charge is 2.63. The van der Waals surface area contributed by atoms with Crippen LogP contribution in [0, 0.1) is 10.8 Å². The summed E-state index contributed by atoms with van der Waals surface area (Å²) in [4.78, 5) is 12.1. The van der Waals surface area contributed by atoms with Gasteiger partial charge < -0.3 is 5.11 Å². The van der Waals surface area contributed by atoms with Crippen molar-refractivity contribution in [3.05, 3.63) is 12.2 Å². The molecule has 0 amide bonds. The van der Waals surface area contributed by atoms with Gasteiger partial charge in [0.25, 0.3) is 0 Å². The van der Waals surface area contributed by atoms with Gasteiger partial charge in [0, 0.05) is 15.7 Å². The third kappa shape index (κ3) is 2.04. The Bertz CT molecular complexity index is 439. The molecule has 19 heavy (non-hydrogen) atoms. The summed E-state index contributed by atoms with van der Waals surface area (Å²) in [5.74, 6) is 0.0944. The van der Waals surface area contributed by atoms with Crippen molar-refractivity contribution in [2.45, 2.75) is 62.3 Å². The Labute approximate surface area is 128 Å². The van der Waals surface area contributed by atoms with E-state index in [0.717, 1.165) is 12.8 Å². The zero-order valence-electron chi connectivity index (χ0n) is 12.0. The third-order valence-electron chi connectivity index (χ3n) is 5.56. The standard InChI is InChI=1S/C15H22BrClO2/c1-12(2)11(18)5-6-14(4,19)15(12)8-7-13(3,17)10(16)9-15/h5-6,10,19H,7-9H2,1-4H3. The van der Waals surface area contributed by atoms with E-state index >= 15 is 0 Å². The van der Waals surface area contributed by atoms with Gasteiger partial charge in [-0.25, -0.2) is 0 Å². The van der Waals surface area contributed by atoms with Crippen LogP contribution < -0.4 is 0 Å². The molecule has 4 heteroatoms.